The number of methoxy groups -OCH3 is 1. The number of carbonyl (C=O) groups excluding carboxylic acids is 2. The third-order valence-corrected chi connectivity index (χ3v) is 9.35. The highest BCUT2D eigenvalue weighted by atomic mass is 28.4. The lowest BCUT2D eigenvalue weighted by Gasteiger charge is -2.35. The largest absolute Gasteiger partial charge is 0.468 e. The summed E-state index contributed by atoms with van der Waals surface area (Å²) < 4.78 is 4.65. The van der Waals surface area contributed by atoms with Crippen LogP contribution in [-0.2, 0) is 16.0 Å². The maximum absolute atomic E-state index is 12.5. The molecule has 2 N–H and O–H groups in total. The Bertz CT molecular complexity index is 698. The summed E-state index contributed by atoms with van der Waals surface area (Å²) in [7, 11) is -0.838. The molecule has 150 valence electrons. The van der Waals surface area contributed by atoms with E-state index >= 15 is 0 Å². The number of hydrogen-bond donors (Lipinski definition) is 2. The minimum absolute atomic E-state index is 0.00488. The van der Waals surface area contributed by atoms with E-state index in [-0.39, 0.29) is 17.5 Å². The Morgan fingerprint density at radius 3 is 2.70 bits per heavy atom. The summed E-state index contributed by atoms with van der Waals surface area (Å²) in [5.74, 6) is -0.521. The molecule has 0 atom stereocenters. The molecule has 0 saturated heterocycles. The summed E-state index contributed by atoms with van der Waals surface area (Å²) in [5, 5.41) is 3.41. The van der Waals surface area contributed by atoms with Gasteiger partial charge in [0, 0.05) is 24.3 Å². The second kappa shape index (κ2) is 8.44. The van der Waals surface area contributed by atoms with Crippen LogP contribution in [0.25, 0.3) is 0 Å². The van der Waals surface area contributed by atoms with Crippen molar-refractivity contribution < 1.29 is 19.1 Å². The number of nitrogens with one attached hydrogen (secondary N) is 1. The zero-order valence-electron chi connectivity index (χ0n) is 17.1. The Kier molecular flexibility index (Phi) is 6.70. The van der Waals surface area contributed by atoms with Gasteiger partial charge in [-0.1, -0.05) is 13.8 Å². The van der Waals surface area contributed by atoms with E-state index in [0.717, 1.165) is 37.1 Å². The van der Waals surface area contributed by atoms with Gasteiger partial charge in [0.1, 0.15) is 6.54 Å². The summed E-state index contributed by atoms with van der Waals surface area (Å²) in [6, 6.07) is 5.77. The van der Waals surface area contributed by atoms with Crippen molar-refractivity contribution in [3.05, 3.63) is 29.3 Å². The highest BCUT2D eigenvalue weighted by Crippen LogP contribution is 2.39. The minimum Gasteiger partial charge on any atom is -0.468 e. The van der Waals surface area contributed by atoms with Crippen molar-refractivity contribution in [2.75, 3.05) is 32.1 Å². The highest BCUT2D eigenvalue weighted by molar-refractivity contribution is 6.72. The van der Waals surface area contributed by atoms with Crippen LogP contribution in [0, 0.1) is 0 Å². The molecule has 1 aliphatic rings. The van der Waals surface area contributed by atoms with Crippen molar-refractivity contribution in [2.24, 2.45) is 0 Å². The number of esters is 1. The molecule has 0 unspecified atom stereocenters. The number of benzene rings is 1. The van der Waals surface area contributed by atoms with E-state index in [4.69, 9.17) is 0 Å². The van der Waals surface area contributed by atoms with E-state index in [0.29, 0.717) is 12.1 Å². The quantitative estimate of drug-likeness (QED) is 0.404. The number of hydrogen-bond acceptors (Lipinski definition) is 5. The predicted octanol–water partition coefficient (Wildman–Crippen LogP) is 3.03. The Balaban J connectivity index is 1.92. The van der Waals surface area contributed by atoms with Crippen LogP contribution in [0.3, 0.4) is 0 Å². The van der Waals surface area contributed by atoms with Crippen LogP contribution in [0.1, 0.15) is 42.6 Å². The van der Waals surface area contributed by atoms with Gasteiger partial charge < -0.3 is 19.7 Å². The first-order valence-electron chi connectivity index (χ1n) is 9.50. The van der Waals surface area contributed by atoms with E-state index < -0.39 is 14.3 Å². The van der Waals surface area contributed by atoms with Gasteiger partial charge in [-0.05, 0) is 61.2 Å². The van der Waals surface area contributed by atoms with Crippen molar-refractivity contribution >= 4 is 25.9 Å². The SMILES string of the molecule is COC(=O)CN1CCc2cc(NCCCC(C)(C)[Si](C)(C)O)ccc2C1=O. The monoisotopic (exact) mass is 392 g/mol. The van der Waals surface area contributed by atoms with Crippen molar-refractivity contribution in [3.63, 3.8) is 0 Å². The molecule has 0 saturated carbocycles. The maximum Gasteiger partial charge on any atom is 0.325 e. The molecule has 1 aromatic rings. The lowest BCUT2D eigenvalue weighted by Crippen LogP contribution is -2.41. The number of carbonyl (C=O) groups is 2. The molecule has 0 bridgehead atoms. The fraction of sp³-hybridized carbons (Fsp3) is 0.600. The van der Waals surface area contributed by atoms with Crippen molar-refractivity contribution in [1.82, 2.24) is 4.90 Å². The van der Waals surface area contributed by atoms with Gasteiger partial charge in [-0.25, -0.2) is 0 Å². The minimum atomic E-state index is -2.17. The van der Waals surface area contributed by atoms with Gasteiger partial charge in [0.25, 0.3) is 5.91 Å². The summed E-state index contributed by atoms with van der Waals surface area (Å²) in [4.78, 5) is 35.8. The molecule has 0 aromatic heterocycles. The maximum atomic E-state index is 12.5. The Morgan fingerprint density at radius 2 is 2.07 bits per heavy atom. The van der Waals surface area contributed by atoms with Crippen LogP contribution in [0.5, 0.6) is 0 Å². The molecule has 2 rings (SSSR count). The molecule has 27 heavy (non-hydrogen) atoms. The summed E-state index contributed by atoms with van der Waals surface area (Å²) in [6.45, 7) is 9.61. The number of anilines is 1. The van der Waals surface area contributed by atoms with Crippen LogP contribution in [0.4, 0.5) is 5.69 Å². The number of nitrogens with zero attached hydrogens (tertiary/aromatic N) is 1. The Labute approximate surface area is 163 Å². The summed E-state index contributed by atoms with van der Waals surface area (Å²) >= 11 is 0. The molecule has 0 spiro atoms. The van der Waals surface area contributed by atoms with Crippen LogP contribution in [0.15, 0.2) is 18.2 Å². The Hall–Kier alpha value is -1.86. The Morgan fingerprint density at radius 1 is 1.37 bits per heavy atom. The van der Waals surface area contributed by atoms with Gasteiger partial charge in [0.05, 0.1) is 7.11 Å². The lowest BCUT2D eigenvalue weighted by atomic mass is 9.98. The van der Waals surface area contributed by atoms with Crippen molar-refractivity contribution in [1.29, 1.82) is 0 Å². The van der Waals surface area contributed by atoms with Gasteiger partial charge in [-0.3, -0.25) is 9.59 Å². The van der Waals surface area contributed by atoms with Gasteiger partial charge >= 0.3 is 5.97 Å². The van der Waals surface area contributed by atoms with Crippen molar-refractivity contribution in [2.45, 2.75) is 51.2 Å². The summed E-state index contributed by atoms with van der Waals surface area (Å²) in [6.07, 6.45) is 2.68. The molecule has 1 heterocycles. The van der Waals surface area contributed by atoms with Crippen molar-refractivity contribution in [3.8, 4) is 0 Å². The first kappa shape index (κ1) is 21.4. The molecule has 6 nitrogen and oxygen atoms in total. The van der Waals surface area contributed by atoms with Gasteiger partial charge in [0.15, 0.2) is 8.32 Å². The lowest BCUT2D eigenvalue weighted by molar-refractivity contribution is -0.141. The zero-order valence-corrected chi connectivity index (χ0v) is 18.1. The van der Waals surface area contributed by atoms with Crippen LogP contribution in [0.2, 0.25) is 18.1 Å². The fourth-order valence-electron chi connectivity index (χ4n) is 3.09. The summed E-state index contributed by atoms with van der Waals surface area (Å²) in [5.41, 5.74) is 2.67. The molecule has 1 amide bonds. The second-order valence-electron chi connectivity index (χ2n) is 8.40. The van der Waals surface area contributed by atoms with E-state index in [1.54, 1.807) is 0 Å². The van der Waals surface area contributed by atoms with Gasteiger partial charge in [0.2, 0.25) is 0 Å². The molecule has 1 aliphatic heterocycles. The average molecular weight is 393 g/mol. The zero-order chi connectivity index (χ0) is 20.2. The van der Waals surface area contributed by atoms with E-state index in [1.165, 1.54) is 12.0 Å². The third kappa shape index (κ3) is 5.32. The molecule has 1 aromatic carbocycles. The first-order chi connectivity index (χ1) is 12.5. The van der Waals surface area contributed by atoms with Crippen LogP contribution >= 0.6 is 0 Å². The topological polar surface area (TPSA) is 78.9 Å². The van der Waals surface area contributed by atoms with Crippen LogP contribution < -0.4 is 5.32 Å². The molecular formula is C20H32N2O4Si. The number of amides is 1. The molecule has 0 fully saturated rings. The highest BCUT2D eigenvalue weighted by Gasteiger charge is 2.37. The molecule has 0 radical (unpaired) electrons. The fourth-order valence-corrected chi connectivity index (χ4v) is 3.88. The smallest absolute Gasteiger partial charge is 0.325 e. The van der Waals surface area contributed by atoms with E-state index in [1.807, 2.05) is 31.3 Å². The molecule has 7 heteroatoms. The number of ether oxygens (including phenoxy) is 1. The predicted molar refractivity (Wildman–Crippen MR) is 110 cm³/mol. The number of fused-ring (bicyclic) bond motifs is 1. The standard InChI is InChI=1S/C20H32N2O4Si/c1-20(2,27(4,5)25)10-6-11-21-16-7-8-17-15(13-16)9-12-22(19(17)24)14-18(23)26-3/h7-8,13,21,25H,6,9-12,14H2,1-5H3. The average Bonchev–Trinajstić information content (AvgIpc) is 2.60. The normalized spacial score (nSPS) is 14.7. The second-order valence-corrected chi connectivity index (χ2v) is 12.9. The third-order valence-electron chi connectivity index (χ3n) is 5.79. The molecular weight excluding hydrogens is 360 g/mol. The number of rotatable bonds is 8. The van der Waals surface area contributed by atoms with Gasteiger partial charge in [-0.2, -0.15) is 0 Å². The molecule has 0 aliphatic carbocycles. The van der Waals surface area contributed by atoms with Gasteiger partial charge in [-0.15, -0.1) is 0 Å². The van der Waals surface area contributed by atoms with Crippen LogP contribution in [-0.4, -0.2) is 56.6 Å². The van der Waals surface area contributed by atoms with E-state index in [2.05, 4.69) is 23.9 Å². The first-order valence-corrected chi connectivity index (χ1v) is 12.4. The van der Waals surface area contributed by atoms with E-state index in [9.17, 15) is 14.4 Å².